The molecule has 0 fully saturated rings. The zero-order valence-electron chi connectivity index (χ0n) is 7.71. The van der Waals surface area contributed by atoms with Crippen LogP contribution in [0.15, 0.2) is 49.1 Å². The molecule has 13 heavy (non-hydrogen) atoms. The molecule has 0 heterocycles. The summed E-state index contributed by atoms with van der Waals surface area (Å²) in [6, 6.07) is 0. The topological polar surface area (TPSA) is 17.1 Å². The summed E-state index contributed by atoms with van der Waals surface area (Å²) in [5.41, 5.74) is 0.741. The minimum Gasteiger partial charge on any atom is -0.285 e. The molecule has 0 N–H and O–H groups in total. The van der Waals surface area contributed by atoms with Crippen LogP contribution in [0.1, 0.15) is 6.92 Å². The predicted octanol–water partition coefficient (Wildman–Crippen LogP) is 2.43. The van der Waals surface area contributed by atoms with Gasteiger partial charge in [-0.2, -0.15) is 0 Å². The largest absolute Gasteiger partial charge is 0.285 e. The third kappa shape index (κ3) is 6.58. The second-order valence-corrected chi connectivity index (χ2v) is 2.26. The molecule has 0 aliphatic carbocycles. The molecule has 66 valence electrons. The maximum Gasteiger partial charge on any atom is 0.202 e. The van der Waals surface area contributed by atoms with Crippen LogP contribution in [0.25, 0.3) is 0 Å². The van der Waals surface area contributed by atoms with Gasteiger partial charge in [0.2, 0.25) is 5.78 Å². The fraction of sp³-hybridized carbons (Fsp3) is 0.0833. The highest BCUT2D eigenvalue weighted by Crippen LogP contribution is 1.95. The molecule has 0 atom stereocenters. The lowest BCUT2D eigenvalue weighted by Gasteiger charge is -1.85. The molecule has 0 aromatic carbocycles. The lowest BCUT2D eigenvalue weighted by molar-refractivity contribution is -0.111. The predicted molar refractivity (Wildman–Crippen MR) is 56.1 cm³/mol. The van der Waals surface area contributed by atoms with Crippen LogP contribution in [0.5, 0.6) is 0 Å². The van der Waals surface area contributed by atoms with Crippen molar-refractivity contribution < 1.29 is 4.79 Å². The summed E-state index contributed by atoms with van der Waals surface area (Å²) in [4.78, 5) is 10.6. The van der Waals surface area contributed by atoms with E-state index in [1.807, 2.05) is 0 Å². The summed E-state index contributed by atoms with van der Waals surface area (Å²) in [5, 5.41) is 0. The average Bonchev–Trinajstić information content (AvgIpc) is 2.09. The number of rotatable bonds is 3. The lowest BCUT2D eigenvalue weighted by atomic mass is 10.2. The van der Waals surface area contributed by atoms with Crippen LogP contribution in [0.4, 0.5) is 0 Å². The smallest absolute Gasteiger partial charge is 0.202 e. The first-order chi connectivity index (χ1) is 6.20. The third-order valence-corrected chi connectivity index (χ3v) is 1.09. The molecule has 1 heteroatoms. The minimum atomic E-state index is -0.151. The molecule has 0 aliphatic heterocycles. The van der Waals surface area contributed by atoms with Gasteiger partial charge >= 0.3 is 0 Å². The highest BCUT2D eigenvalue weighted by Gasteiger charge is 1.83. The number of hydrogen-bond acceptors (Lipinski definition) is 1. The minimum absolute atomic E-state index is 0.151. The van der Waals surface area contributed by atoms with Gasteiger partial charge < -0.3 is 0 Å². The standard InChI is InChI=1S/C12H12O/c1-4-6-8-12(7-5-2)10-9-11(3)13/h4-8H,1-2H2,3H3/b8-6-,12-7+. The van der Waals surface area contributed by atoms with E-state index in [-0.39, 0.29) is 5.78 Å². The summed E-state index contributed by atoms with van der Waals surface area (Å²) >= 11 is 0. The Morgan fingerprint density at radius 2 is 1.92 bits per heavy atom. The van der Waals surface area contributed by atoms with Gasteiger partial charge in [0.05, 0.1) is 0 Å². The van der Waals surface area contributed by atoms with Gasteiger partial charge in [0.1, 0.15) is 0 Å². The molecule has 0 rings (SSSR count). The summed E-state index contributed by atoms with van der Waals surface area (Å²) in [6.07, 6.45) is 8.52. The summed E-state index contributed by atoms with van der Waals surface area (Å²) < 4.78 is 0. The van der Waals surface area contributed by atoms with E-state index in [2.05, 4.69) is 25.0 Å². The van der Waals surface area contributed by atoms with Gasteiger partial charge in [-0.25, -0.2) is 0 Å². The third-order valence-electron chi connectivity index (χ3n) is 1.09. The SMILES string of the molecule is C=C/C=C\C(C#CC(C)=O)=C/C=C. The Morgan fingerprint density at radius 1 is 1.23 bits per heavy atom. The summed E-state index contributed by atoms with van der Waals surface area (Å²) in [5.74, 6) is 5.01. The summed E-state index contributed by atoms with van der Waals surface area (Å²) in [6.45, 7) is 8.51. The van der Waals surface area contributed by atoms with Crippen LogP contribution in [-0.2, 0) is 4.79 Å². The van der Waals surface area contributed by atoms with E-state index < -0.39 is 0 Å². The Hall–Kier alpha value is -1.81. The first-order valence-electron chi connectivity index (χ1n) is 3.85. The molecule has 0 radical (unpaired) electrons. The van der Waals surface area contributed by atoms with E-state index in [4.69, 9.17) is 0 Å². The molecule has 0 bridgehead atoms. The van der Waals surface area contributed by atoms with Gasteiger partial charge in [0, 0.05) is 12.5 Å². The molecule has 0 aromatic heterocycles. The van der Waals surface area contributed by atoms with E-state index in [9.17, 15) is 4.79 Å². The number of carbonyl (C=O) groups excluding carboxylic acids is 1. The van der Waals surface area contributed by atoms with Crippen molar-refractivity contribution in [3.63, 3.8) is 0 Å². The second-order valence-electron chi connectivity index (χ2n) is 2.26. The Kier molecular flexibility index (Phi) is 5.92. The van der Waals surface area contributed by atoms with Gasteiger partial charge in [-0.05, 0) is 18.1 Å². The van der Waals surface area contributed by atoms with Gasteiger partial charge in [-0.3, -0.25) is 4.79 Å². The van der Waals surface area contributed by atoms with Gasteiger partial charge in [-0.1, -0.05) is 37.3 Å². The Bertz CT molecular complexity index is 319. The van der Waals surface area contributed by atoms with Crippen molar-refractivity contribution in [2.24, 2.45) is 0 Å². The van der Waals surface area contributed by atoms with Crippen LogP contribution < -0.4 is 0 Å². The number of carbonyl (C=O) groups is 1. The summed E-state index contributed by atoms with van der Waals surface area (Å²) in [7, 11) is 0. The van der Waals surface area contributed by atoms with Crippen LogP contribution in [-0.4, -0.2) is 5.78 Å². The van der Waals surface area contributed by atoms with Crippen molar-refractivity contribution in [2.75, 3.05) is 0 Å². The molecule has 0 saturated carbocycles. The molecular formula is C12H12O. The fourth-order valence-electron chi connectivity index (χ4n) is 0.598. The Balaban J connectivity index is 4.66. The molecule has 0 amide bonds. The Labute approximate surface area is 79.2 Å². The number of Topliss-reactive ketones (excluding diaryl/α,β-unsaturated/α-hetero) is 1. The molecule has 0 spiro atoms. The quantitative estimate of drug-likeness (QED) is 0.363. The van der Waals surface area contributed by atoms with Crippen LogP contribution in [0, 0.1) is 11.8 Å². The lowest BCUT2D eigenvalue weighted by Crippen LogP contribution is -1.81. The van der Waals surface area contributed by atoms with Crippen molar-refractivity contribution in [1.82, 2.24) is 0 Å². The Morgan fingerprint density at radius 3 is 2.38 bits per heavy atom. The highest BCUT2D eigenvalue weighted by atomic mass is 16.1. The van der Waals surface area contributed by atoms with E-state index in [1.54, 1.807) is 30.4 Å². The van der Waals surface area contributed by atoms with Crippen molar-refractivity contribution in [1.29, 1.82) is 0 Å². The number of hydrogen-bond donors (Lipinski definition) is 0. The van der Waals surface area contributed by atoms with E-state index in [0.29, 0.717) is 0 Å². The van der Waals surface area contributed by atoms with Gasteiger partial charge in [0.15, 0.2) is 0 Å². The highest BCUT2D eigenvalue weighted by molar-refractivity contribution is 5.93. The molecule has 0 aliphatic rings. The van der Waals surface area contributed by atoms with E-state index >= 15 is 0 Å². The average molecular weight is 172 g/mol. The maximum absolute atomic E-state index is 10.6. The van der Waals surface area contributed by atoms with Crippen molar-refractivity contribution in [3.05, 3.63) is 49.1 Å². The van der Waals surface area contributed by atoms with E-state index in [1.165, 1.54) is 6.92 Å². The molecular weight excluding hydrogens is 160 g/mol. The van der Waals surface area contributed by atoms with Crippen LogP contribution in [0.3, 0.4) is 0 Å². The van der Waals surface area contributed by atoms with Crippen molar-refractivity contribution in [2.45, 2.75) is 6.92 Å². The van der Waals surface area contributed by atoms with Crippen molar-refractivity contribution in [3.8, 4) is 11.8 Å². The fourth-order valence-corrected chi connectivity index (χ4v) is 0.598. The first-order valence-corrected chi connectivity index (χ1v) is 3.85. The van der Waals surface area contributed by atoms with Crippen molar-refractivity contribution >= 4 is 5.78 Å². The monoisotopic (exact) mass is 172 g/mol. The number of ketones is 1. The molecule has 1 nitrogen and oxygen atoms in total. The van der Waals surface area contributed by atoms with Gasteiger partial charge in [0.25, 0.3) is 0 Å². The zero-order chi connectivity index (χ0) is 10.1. The van der Waals surface area contributed by atoms with Gasteiger partial charge in [-0.15, -0.1) is 0 Å². The zero-order valence-corrected chi connectivity index (χ0v) is 7.71. The normalized spacial score (nSPS) is 10.4. The molecule has 0 aromatic rings. The second kappa shape index (κ2) is 6.87. The van der Waals surface area contributed by atoms with Crippen LogP contribution in [0.2, 0.25) is 0 Å². The molecule has 0 unspecified atom stereocenters. The number of allylic oxidation sites excluding steroid dienone is 6. The molecule has 0 saturated heterocycles. The van der Waals surface area contributed by atoms with E-state index in [0.717, 1.165) is 5.57 Å². The first kappa shape index (κ1) is 11.2. The maximum atomic E-state index is 10.6. The van der Waals surface area contributed by atoms with Crippen LogP contribution >= 0.6 is 0 Å².